The number of likely N-dealkylation sites (tertiary alicyclic amines) is 1. The monoisotopic (exact) mass is 287 g/mol. The average Bonchev–Trinajstić information content (AvgIpc) is 2.49. The summed E-state index contributed by atoms with van der Waals surface area (Å²) in [6.07, 6.45) is 6.03. The maximum absolute atomic E-state index is 11.1. The number of hydrogen-bond donors (Lipinski definition) is 3. The Morgan fingerprint density at radius 3 is 2.67 bits per heavy atom. The van der Waals surface area contributed by atoms with E-state index in [1.165, 1.54) is 18.0 Å². The van der Waals surface area contributed by atoms with Crippen molar-refractivity contribution in [1.29, 1.82) is 0 Å². The van der Waals surface area contributed by atoms with E-state index in [2.05, 4.69) is 12.1 Å². The standard InChI is InChI=1S/C16H22N4O/c17-10-15(11-18)14-3-1-2-13(9-14)8-12-4-6-20(7-5-12)16(19)21/h1-3,9-12,17H,4-8,18H2,(H2,19,21)/p+1/b15-11+,17-10?. The second kappa shape index (κ2) is 6.92. The van der Waals surface area contributed by atoms with E-state index in [4.69, 9.17) is 16.9 Å². The van der Waals surface area contributed by atoms with Gasteiger partial charge in [0.2, 0.25) is 0 Å². The van der Waals surface area contributed by atoms with E-state index in [9.17, 15) is 4.79 Å². The Kier molecular flexibility index (Phi) is 4.98. The van der Waals surface area contributed by atoms with E-state index < -0.39 is 0 Å². The summed E-state index contributed by atoms with van der Waals surface area (Å²) >= 11 is 0. The van der Waals surface area contributed by atoms with Crippen molar-refractivity contribution in [3.8, 4) is 0 Å². The molecule has 0 spiro atoms. The first kappa shape index (κ1) is 15.1. The smallest absolute Gasteiger partial charge is 0.314 e. The molecule has 1 aromatic rings. The number of benzene rings is 1. The Hall–Kier alpha value is -2.30. The Morgan fingerprint density at radius 2 is 2.10 bits per heavy atom. The third-order valence-electron chi connectivity index (χ3n) is 4.07. The minimum absolute atomic E-state index is 0.313. The van der Waals surface area contributed by atoms with Crippen LogP contribution in [0, 0.1) is 5.92 Å². The molecule has 0 radical (unpaired) electrons. The molecule has 5 nitrogen and oxygen atoms in total. The molecule has 1 fully saturated rings. The predicted octanol–water partition coefficient (Wildman–Crippen LogP) is 0.149. The first-order chi connectivity index (χ1) is 10.1. The number of urea groups is 1. The summed E-state index contributed by atoms with van der Waals surface area (Å²) in [6, 6.07) is 7.96. The number of rotatable bonds is 4. The van der Waals surface area contributed by atoms with E-state index >= 15 is 0 Å². The second-order valence-electron chi connectivity index (χ2n) is 5.46. The third kappa shape index (κ3) is 3.84. The van der Waals surface area contributed by atoms with Gasteiger partial charge in [0, 0.05) is 19.3 Å². The van der Waals surface area contributed by atoms with Gasteiger partial charge in [-0.2, -0.15) is 0 Å². The molecular weight excluding hydrogens is 264 g/mol. The van der Waals surface area contributed by atoms with Crippen LogP contribution in [0.3, 0.4) is 0 Å². The second-order valence-corrected chi connectivity index (χ2v) is 5.46. The molecule has 1 saturated heterocycles. The fourth-order valence-corrected chi connectivity index (χ4v) is 2.82. The Labute approximate surface area is 125 Å². The normalized spacial score (nSPS) is 16.8. The van der Waals surface area contributed by atoms with Crippen LogP contribution in [0.4, 0.5) is 4.79 Å². The van der Waals surface area contributed by atoms with Gasteiger partial charge in [0.15, 0.2) is 6.21 Å². The first-order valence-electron chi connectivity index (χ1n) is 7.24. The summed E-state index contributed by atoms with van der Waals surface area (Å²) in [7, 11) is 0. The zero-order chi connectivity index (χ0) is 15.2. The van der Waals surface area contributed by atoms with Crippen molar-refractivity contribution in [3.63, 3.8) is 0 Å². The van der Waals surface area contributed by atoms with Crippen molar-refractivity contribution >= 4 is 17.8 Å². The van der Waals surface area contributed by atoms with Crippen LogP contribution >= 0.6 is 0 Å². The average molecular weight is 287 g/mol. The van der Waals surface area contributed by atoms with E-state index in [1.54, 1.807) is 4.90 Å². The molecule has 1 aromatic carbocycles. The van der Waals surface area contributed by atoms with Crippen molar-refractivity contribution in [2.24, 2.45) is 17.4 Å². The summed E-state index contributed by atoms with van der Waals surface area (Å²) < 4.78 is 0. The summed E-state index contributed by atoms with van der Waals surface area (Å²) in [5, 5.41) is 5.57. The molecule has 21 heavy (non-hydrogen) atoms. The van der Waals surface area contributed by atoms with Crippen molar-refractivity contribution in [2.45, 2.75) is 19.3 Å². The molecule has 2 amide bonds. The first-order valence-corrected chi connectivity index (χ1v) is 7.24. The molecule has 0 unspecified atom stereocenters. The molecule has 2 rings (SSSR count). The van der Waals surface area contributed by atoms with Gasteiger partial charge in [-0.25, -0.2) is 4.79 Å². The van der Waals surface area contributed by atoms with Gasteiger partial charge < -0.3 is 16.4 Å². The molecule has 5 heteroatoms. The molecule has 0 aromatic heterocycles. The molecule has 112 valence electrons. The largest absolute Gasteiger partial charge is 0.404 e. The van der Waals surface area contributed by atoms with Crippen LogP contribution in [-0.2, 0) is 6.42 Å². The number of hydrogen-bond acceptors (Lipinski definition) is 2. The predicted molar refractivity (Wildman–Crippen MR) is 84.2 cm³/mol. The lowest BCUT2D eigenvalue weighted by Gasteiger charge is -2.30. The maximum Gasteiger partial charge on any atom is 0.314 e. The Bertz CT molecular complexity index is 545. The number of carbonyl (C=O) groups is 1. The molecular formula is C16H23N4O+. The molecule has 0 bridgehead atoms. The molecule has 1 aliphatic rings. The number of carbonyl (C=O) groups excluding carboxylic acids is 1. The number of nitrogens with two attached hydrogens (primary N) is 3. The van der Waals surface area contributed by atoms with Crippen LogP contribution in [0.1, 0.15) is 24.0 Å². The Balaban J connectivity index is 1.99. The topological polar surface area (TPSA) is 97.9 Å². The van der Waals surface area contributed by atoms with Gasteiger partial charge in [0.05, 0.1) is 5.57 Å². The van der Waals surface area contributed by atoms with Crippen LogP contribution in [0.15, 0.2) is 30.5 Å². The van der Waals surface area contributed by atoms with Gasteiger partial charge in [0.25, 0.3) is 0 Å². The number of allylic oxidation sites excluding steroid dienone is 1. The highest BCUT2D eigenvalue weighted by Gasteiger charge is 2.21. The van der Waals surface area contributed by atoms with E-state index in [0.29, 0.717) is 5.92 Å². The van der Waals surface area contributed by atoms with Gasteiger partial charge in [-0.3, -0.25) is 5.41 Å². The summed E-state index contributed by atoms with van der Waals surface area (Å²) in [5.41, 5.74) is 14.0. The fraction of sp³-hybridized carbons (Fsp3) is 0.375. The lowest BCUT2D eigenvalue weighted by atomic mass is 9.89. The molecule has 0 atom stereocenters. The van der Waals surface area contributed by atoms with E-state index in [1.807, 2.05) is 12.1 Å². The van der Waals surface area contributed by atoms with Crippen molar-refractivity contribution < 1.29 is 10.2 Å². The minimum Gasteiger partial charge on any atom is -0.404 e. The van der Waals surface area contributed by atoms with Gasteiger partial charge in [-0.05, 0) is 36.3 Å². The summed E-state index contributed by atoms with van der Waals surface area (Å²) in [4.78, 5) is 12.8. The highest BCUT2D eigenvalue weighted by molar-refractivity contribution is 6.06. The van der Waals surface area contributed by atoms with Gasteiger partial charge in [0.1, 0.15) is 0 Å². The summed E-state index contributed by atoms with van der Waals surface area (Å²) in [5.74, 6) is 0.586. The summed E-state index contributed by atoms with van der Waals surface area (Å²) in [6.45, 7) is 1.51. The number of primary amides is 1. The van der Waals surface area contributed by atoms with E-state index in [-0.39, 0.29) is 6.03 Å². The quantitative estimate of drug-likeness (QED) is 0.687. The number of nitrogens with zero attached hydrogens (tertiary/aromatic N) is 1. The van der Waals surface area contributed by atoms with Crippen LogP contribution in [-0.4, -0.2) is 30.2 Å². The van der Waals surface area contributed by atoms with Crippen LogP contribution < -0.4 is 16.9 Å². The zero-order valence-corrected chi connectivity index (χ0v) is 12.2. The minimum atomic E-state index is -0.313. The van der Waals surface area contributed by atoms with Gasteiger partial charge in [-0.1, -0.05) is 24.3 Å². The molecule has 1 heterocycles. The number of amides is 2. The molecule has 6 N–H and O–H groups in total. The van der Waals surface area contributed by atoms with Crippen LogP contribution in [0.5, 0.6) is 0 Å². The number of piperidine rings is 1. The highest BCUT2D eigenvalue weighted by atomic mass is 16.2. The SMILES string of the molecule is N/C=C(\C=[NH2+])c1cccc(CC2CCN(C(N)=O)CC2)c1. The van der Waals surface area contributed by atoms with Crippen LogP contribution in [0.25, 0.3) is 5.57 Å². The maximum atomic E-state index is 11.1. The van der Waals surface area contributed by atoms with Gasteiger partial charge >= 0.3 is 6.03 Å². The fourth-order valence-electron chi connectivity index (χ4n) is 2.82. The van der Waals surface area contributed by atoms with E-state index in [0.717, 1.165) is 43.5 Å². The zero-order valence-electron chi connectivity index (χ0n) is 12.2. The lowest BCUT2D eigenvalue weighted by Crippen LogP contribution is -2.41. The molecule has 0 saturated carbocycles. The van der Waals surface area contributed by atoms with Crippen molar-refractivity contribution in [3.05, 3.63) is 41.6 Å². The lowest BCUT2D eigenvalue weighted by molar-refractivity contribution is -0.103. The third-order valence-corrected chi connectivity index (χ3v) is 4.07. The van der Waals surface area contributed by atoms with Crippen LogP contribution in [0.2, 0.25) is 0 Å². The van der Waals surface area contributed by atoms with Gasteiger partial charge in [-0.15, -0.1) is 0 Å². The Morgan fingerprint density at radius 1 is 1.38 bits per heavy atom. The van der Waals surface area contributed by atoms with Crippen molar-refractivity contribution in [2.75, 3.05) is 13.1 Å². The molecule has 1 aliphatic heterocycles. The van der Waals surface area contributed by atoms with Crippen molar-refractivity contribution in [1.82, 2.24) is 4.90 Å². The highest BCUT2D eigenvalue weighted by Crippen LogP contribution is 2.23. The molecule has 0 aliphatic carbocycles.